The van der Waals surface area contributed by atoms with Crippen molar-refractivity contribution in [2.75, 3.05) is 7.11 Å². The summed E-state index contributed by atoms with van der Waals surface area (Å²) >= 11 is 0. The average Bonchev–Trinajstić information content (AvgIpc) is 3.34. The molecule has 0 atom stereocenters. The Labute approximate surface area is 187 Å². The molecule has 0 unspecified atom stereocenters. The number of carbonyl (C=O) groups excluding carboxylic acids is 1. The zero-order valence-electron chi connectivity index (χ0n) is 18.1. The van der Waals surface area contributed by atoms with Gasteiger partial charge in [0, 0.05) is 39.4 Å². The number of carboxylic acid groups (broad SMARTS) is 1. The van der Waals surface area contributed by atoms with E-state index >= 15 is 0 Å². The minimum absolute atomic E-state index is 0.0658. The van der Waals surface area contributed by atoms with Crippen LogP contribution >= 0.6 is 0 Å². The molecule has 0 saturated carbocycles. The summed E-state index contributed by atoms with van der Waals surface area (Å²) in [7, 11) is 1.27. The highest BCUT2D eigenvalue weighted by Gasteiger charge is 2.22. The van der Waals surface area contributed by atoms with Crippen molar-refractivity contribution in [3.05, 3.63) is 65.5 Å². The van der Waals surface area contributed by atoms with Crippen molar-refractivity contribution in [2.45, 2.75) is 26.2 Å². The summed E-state index contributed by atoms with van der Waals surface area (Å²) < 4.78 is 34.3. The van der Waals surface area contributed by atoms with Crippen LogP contribution in [0, 0.1) is 0 Å². The lowest BCUT2D eigenvalue weighted by Gasteiger charge is -2.15. The van der Waals surface area contributed by atoms with E-state index < -0.39 is 18.5 Å². The van der Waals surface area contributed by atoms with Gasteiger partial charge in [-0.25, -0.2) is 18.4 Å². The quantitative estimate of drug-likeness (QED) is 0.307. The number of rotatable bonds is 5. The normalized spacial score (nSPS) is 12.0. The Morgan fingerprint density at radius 3 is 2.55 bits per heavy atom. The topological polar surface area (TPSA) is 86.4 Å². The standard InChI is InChI=1S/C24H21F2N3O4/c1-13(2)22-17(7-8-21(30)33-3)18-11-19-15(12-27-29(19)24(31)32)10-20(18)28(22)16-6-4-5-14(9-16)23(25)26/h4-13,23H,1-3H3,(H,31,32)/b8-7+. The van der Waals surface area contributed by atoms with E-state index in [1.54, 1.807) is 30.3 Å². The van der Waals surface area contributed by atoms with E-state index in [-0.39, 0.29) is 11.5 Å². The summed E-state index contributed by atoms with van der Waals surface area (Å²) in [4.78, 5) is 23.4. The van der Waals surface area contributed by atoms with Gasteiger partial charge in [0.1, 0.15) is 0 Å². The third kappa shape index (κ3) is 3.86. The SMILES string of the molecule is COC(=O)/C=C/c1c(C(C)C)n(-c2cccc(C(F)F)c2)c2cc3cnn(C(=O)O)c3cc12. The first-order chi connectivity index (χ1) is 15.7. The summed E-state index contributed by atoms with van der Waals surface area (Å²) in [5, 5.41) is 14.6. The molecule has 4 aromatic rings. The Morgan fingerprint density at radius 2 is 1.91 bits per heavy atom. The first-order valence-electron chi connectivity index (χ1n) is 10.2. The van der Waals surface area contributed by atoms with Crippen molar-refractivity contribution in [1.82, 2.24) is 14.3 Å². The molecule has 0 aliphatic heterocycles. The first-order valence-corrected chi connectivity index (χ1v) is 10.2. The Balaban J connectivity index is 2.13. The van der Waals surface area contributed by atoms with Crippen molar-refractivity contribution >= 4 is 39.9 Å². The van der Waals surface area contributed by atoms with Gasteiger partial charge in [-0.3, -0.25) is 0 Å². The predicted molar refractivity (Wildman–Crippen MR) is 120 cm³/mol. The number of nitrogens with zero attached hydrogens (tertiary/aromatic N) is 3. The Bertz CT molecular complexity index is 1420. The lowest BCUT2D eigenvalue weighted by Crippen LogP contribution is -2.08. The van der Waals surface area contributed by atoms with Gasteiger partial charge in [-0.05, 0) is 36.3 Å². The van der Waals surface area contributed by atoms with E-state index in [4.69, 9.17) is 4.74 Å². The van der Waals surface area contributed by atoms with Crippen LogP contribution in [0.25, 0.3) is 33.6 Å². The van der Waals surface area contributed by atoms with E-state index in [0.29, 0.717) is 33.1 Å². The molecule has 0 fully saturated rings. The number of hydrogen-bond acceptors (Lipinski definition) is 4. The number of esters is 1. The fourth-order valence-corrected chi connectivity index (χ4v) is 4.04. The molecule has 0 bridgehead atoms. The Kier molecular flexibility index (Phi) is 5.71. The summed E-state index contributed by atoms with van der Waals surface area (Å²) in [6.07, 6.45) is 0.455. The zero-order valence-corrected chi connectivity index (χ0v) is 18.1. The number of aromatic nitrogens is 3. The first kappa shape index (κ1) is 22.2. The Hall–Kier alpha value is -4.01. The van der Waals surface area contributed by atoms with Crippen LogP contribution < -0.4 is 0 Å². The van der Waals surface area contributed by atoms with E-state index in [2.05, 4.69) is 5.10 Å². The second kappa shape index (κ2) is 8.50. The van der Waals surface area contributed by atoms with Crippen LogP contribution in [0.1, 0.15) is 43.0 Å². The molecule has 0 aliphatic rings. The molecule has 2 aromatic carbocycles. The van der Waals surface area contributed by atoms with Gasteiger partial charge in [0.2, 0.25) is 0 Å². The lowest BCUT2D eigenvalue weighted by atomic mass is 10.0. The highest BCUT2D eigenvalue weighted by atomic mass is 19.3. The number of carbonyl (C=O) groups is 2. The van der Waals surface area contributed by atoms with Crippen LogP contribution in [0.15, 0.2) is 48.7 Å². The van der Waals surface area contributed by atoms with Gasteiger partial charge in [-0.2, -0.15) is 9.78 Å². The van der Waals surface area contributed by atoms with Gasteiger partial charge >= 0.3 is 12.1 Å². The summed E-state index contributed by atoms with van der Waals surface area (Å²) in [6.45, 7) is 3.91. The largest absolute Gasteiger partial charge is 0.466 e. The number of hydrogen-bond donors (Lipinski definition) is 1. The van der Waals surface area contributed by atoms with Crippen LogP contribution in [0.2, 0.25) is 0 Å². The van der Waals surface area contributed by atoms with Crippen molar-refractivity contribution in [2.24, 2.45) is 0 Å². The molecule has 0 aliphatic carbocycles. The zero-order chi connectivity index (χ0) is 23.9. The smallest absolute Gasteiger partial charge is 0.432 e. The fourth-order valence-electron chi connectivity index (χ4n) is 4.04. The molecule has 7 nitrogen and oxygen atoms in total. The van der Waals surface area contributed by atoms with Crippen LogP contribution in [-0.2, 0) is 9.53 Å². The number of benzene rings is 2. The minimum Gasteiger partial charge on any atom is -0.466 e. The van der Waals surface area contributed by atoms with Crippen molar-refractivity contribution < 1.29 is 28.2 Å². The van der Waals surface area contributed by atoms with Crippen LogP contribution in [0.4, 0.5) is 13.6 Å². The minimum atomic E-state index is -2.63. The van der Waals surface area contributed by atoms with Gasteiger partial charge in [0.25, 0.3) is 6.43 Å². The van der Waals surface area contributed by atoms with Gasteiger partial charge in [-0.15, -0.1) is 0 Å². The number of halogens is 2. The maximum absolute atomic E-state index is 13.4. The molecule has 170 valence electrons. The molecule has 1 N–H and O–H groups in total. The van der Waals surface area contributed by atoms with Gasteiger partial charge < -0.3 is 14.4 Å². The lowest BCUT2D eigenvalue weighted by molar-refractivity contribution is -0.134. The maximum Gasteiger partial charge on any atom is 0.432 e. The number of fused-ring (bicyclic) bond motifs is 2. The molecular weight excluding hydrogens is 432 g/mol. The van der Waals surface area contributed by atoms with Crippen molar-refractivity contribution in [1.29, 1.82) is 0 Å². The van der Waals surface area contributed by atoms with Crippen LogP contribution in [-0.4, -0.2) is 38.6 Å². The van der Waals surface area contributed by atoms with Gasteiger partial charge in [0.15, 0.2) is 0 Å². The monoisotopic (exact) mass is 453 g/mol. The van der Waals surface area contributed by atoms with Crippen molar-refractivity contribution in [3.8, 4) is 5.69 Å². The number of ether oxygens (including phenoxy) is 1. The van der Waals surface area contributed by atoms with E-state index in [1.165, 1.54) is 31.5 Å². The van der Waals surface area contributed by atoms with Crippen LogP contribution in [0.5, 0.6) is 0 Å². The predicted octanol–water partition coefficient (Wildman–Crippen LogP) is 5.75. The molecule has 0 radical (unpaired) electrons. The molecule has 0 spiro atoms. The highest BCUT2D eigenvalue weighted by Crippen LogP contribution is 2.38. The maximum atomic E-state index is 13.4. The molecular formula is C24H21F2N3O4. The molecule has 0 amide bonds. The molecule has 2 heterocycles. The molecule has 0 saturated heterocycles. The second-order valence-corrected chi connectivity index (χ2v) is 7.81. The molecule has 2 aromatic heterocycles. The molecule has 4 rings (SSSR count). The van der Waals surface area contributed by atoms with E-state index in [1.807, 2.05) is 18.4 Å². The molecule has 33 heavy (non-hydrogen) atoms. The van der Waals surface area contributed by atoms with Crippen LogP contribution in [0.3, 0.4) is 0 Å². The third-order valence-corrected chi connectivity index (χ3v) is 5.43. The second-order valence-electron chi connectivity index (χ2n) is 7.81. The highest BCUT2D eigenvalue weighted by molar-refractivity contribution is 6.04. The summed E-state index contributed by atoms with van der Waals surface area (Å²) in [5.74, 6) is -0.619. The molecule has 9 heteroatoms. The number of alkyl halides is 2. The van der Waals surface area contributed by atoms with Gasteiger partial charge in [0.05, 0.1) is 24.3 Å². The Morgan fingerprint density at radius 1 is 1.15 bits per heavy atom. The summed E-state index contributed by atoms with van der Waals surface area (Å²) in [5.41, 5.74) is 2.90. The van der Waals surface area contributed by atoms with E-state index in [0.717, 1.165) is 10.4 Å². The van der Waals surface area contributed by atoms with E-state index in [9.17, 15) is 23.5 Å². The van der Waals surface area contributed by atoms with Crippen molar-refractivity contribution in [3.63, 3.8) is 0 Å². The number of methoxy groups -OCH3 is 1. The van der Waals surface area contributed by atoms with Gasteiger partial charge in [-0.1, -0.05) is 26.0 Å². The summed E-state index contributed by atoms with van der Waals surface area (Å²) in [6, 6.07) is 9.54. The average molecular weight is 453 g/mol. The fraction of sp³-hybridized carbons (Fsp3) is 0.208. The third-order valence-electron chi connectivity index (χ3n) is 5.43.